The monoisotopic (exact) mass is 448 g/mol. The molecular weight excluding hydrogens is 420 g/mol. The standard InChI is InChI=1S/C25H28N4O4/c1-16(24(31)26-12-11-17-14-27-22-6-4-3-5-21(17)22)28-25(32)18-13-23(30)29(15-18)19-7-9-20(33-2)10-8-19/h3-10,14,16,18,27H,11-13,15H2,1-2H3,(H,26,31)(H,28,32)/t16-,18+/m0/s1. The second kappa shape index (κ2) is 9.77. The van der Waals surface area contributed by atoms with Crippen molar-refractivity contribution in [2.45, 2.75) is 25.8 Å². The van der Waals surface area contributed by atoms with Gasteiger partial charge in [-0.15, -0.1) is 0 Å². The number of H-pyrrole nitrogens is 1. The summed E-state index contributed by atoms with van der Waals surface area (Å²) in [4.78, 5) is 42.4. The number of ether oxygens (including phenoxy) is 1. The predicted octanol–water partition coefficient (Wildman–Crippen LogP) is 2.39. The summed E-state index contributed by atoms with van der Waals surface area (Å²) in [7, 11) is 1.58. The summed E-state index contributed by atoms with van der Waals surface area (Å²) >= 11 is 0. The average molecular weight is 449 g/mol. The number of nitrogens with one attached hydrogen (secondary N) is 3. The number of aromatic nitrogens is 1. The van der Waals surface area contributed by atoms with Crippen LogP contribution in [0.4, 0.5) is 5.69 Å². The first-order chi connectivity index (χ1) is 16.0. The van der Waals surface area contributed by atoms with Gasteiger partial charge in [0.05, 0.1) is 13.0 Å². The molecule has 4 rings (SSSR count). The van der Waals surface area contributed by atoms with Crippen LogP contribution in [0, 0.1) is 5.92 Å². The van der Waals surface area contributed by atoms with E-state index in [1.54, 1.807) is 43.2 Å². The van der Waals surface area contributed by atoms with E-state index in [1.807, 2.05) is 30.5 Å². The smallest absolute Gasteiger partial charge is 0.242 e. The molecule has 0 unspecified atom stereocenters. The molecule has 1 saturated heterocycles. The van der Waals surface area contributed by atoms with E-state index in [2.05, 4.69) is 15.6 Å². The lowest BCUT2D eigenvalue weighted by atomic mass is 10.1. The number of fused-ring (bicyclic) bond motifs is 1. The van der Waals surface area contributed by atoms with E-state index in [1.165, 1.54) is 0 Å². The zero-order chi connectivity index (χ0) is 23.4. The molecule has 1 aliphatic rings. The number of benzene rings is 2. The number of hydrogen-bond acceptors (Lipinski definition) is 4. The van der Waals surface area contributed by atoms with Gasteiger partial charge in [-0.2, -0.15) is 0 Å². The van der Waals surface area contributed by atoms with Gasteiger partial charge in [0.25, 0.3) is 0 Å². The summed E-state index contributed by atoms with van der Waals surface area (Å²) in [6.07, 6.45) is 2.75. The van der Waals surface area contributed by atoms with E-state index >= 15 is 0 Å². The topological polar surface area (TPSA) is 104 Å². The molecule has 1 fully saturated rings. The lowest BCUT2D eigenvalue weighted by Gasteiger charge is -2.18. The lowest BCUT2D eigenvalue weighted by molar-refractivity contribution is -0.130. The Balaban J connectivity index is 1.26. The van der Waals surface area contributed by atoms with Gasteiger partial charge < -0.3 is 25.3 Å². The van der Waals surface area contributed by atoms with Crippen LogP contribution >= 0.6 is 0 Å². The molecule has 0 bridgehead atoms. The van der Waals surface area contributed by atoms with Crippen LogP contribution in [0.2, 0.25) is 0 Å². The highest BCUT2D eigenvalue weighted by Gasteiger charge is 2.36. The molecule has 8 heteroatoms. The van der Waals surface area contributed by atoms with Crippen molar-refractivity contribution in [3.63, 3.8) is 0 Å². The van der Waals surface area contributed by atoms with Gasteiger partial charge in [-0.1, -0.05) is 18.2 Å². The van der Waals surface area contributed by atoms with E-state index in [0.29, 0.717) is 18.7 Å². The largest absolute Gasteiger partial charge is 0.497 e. The molecule has 33 heavy (non-hydrogen) atoms. The molecule has 1 aromatic heterocycles. The maximum absolute atomic E-state index is 12.7. The molecule has 3 aromatic rings. The summed E-state index contributed by atoms with van der Waals surface area (Å²) in [5.74, 6) is -0.459. The van der Waals surface area contributed by atoms with Crippen LogP contribution in [0.25, 0.3) is 10.9 Å². The summed E-state index contributed by atoms with van der Waals surface area (Å²) in [5.41, 5.74) is 2.92. The fourth-order valence-electron chi connectivity index (χ4n) is 4.10. The Bertz CT molecular complexity index is 1150. The molecule has 0 spiro atoms. The van der Waals surface area contributed by atoms with Crippen molar-refractivity contribution < 1.29 is 19.1 Å². The van der Waals surface area contributed by atoms with Gasteiger partial charge >= 0.3 is 0 Å². The quantitative estimate of drug-likeness (QED) is 0.492. The molecule has 3 N–H and O–H groups in total. The minimum Gasteiger partial charge on any atom is -0.497 e. The van der Waals surface area contributed by atoms with Gasteiger partial charge in [0.1, 0.15) is 11.8 Å². The number of methoxy groups -OCH3 is 1. The average Bonchev–Trinajstić information content (AvgIpc) is 3.42. The molecule has 0 aliphatic carbocycles. The number of para-hydroxylation sites is 1. The Kier molecular flexibility index (Phi) is 6.63. The van der Waals surface area contributed by atoms with Crippen molar-refractivity contribution >= 4 is 34.3 Å². The summed E-state index contributed by atoms with van der Waals surface area (Å²) < 4.78 is 5.14. The highest BCUT2D eigenvalue weighted by molar-refractivity contribution is 6.01. The second-order valence-corrected chi connectivity index (χ2v) is 8.23. The molecule has 0 radical (unpaired) electrons. The maximum Gasteiger partial charge on any atom is 0.242 e. The molecule has 2 aromatic carbocycles. The minimum absolute atomic E-state index is 0.115. The molecule has 8 nitrogen and oxygen atoms in total. The molecule has 3 amide bonds. The number of anilines is 1. The van der Waals surface area contributed by atoms with E-state index in [9.17, 15) is 14.4 Å². The van der Waals surface area contributed by atoms with Crippen molar-refractivity contribution in [1.29, 1.82) is 0 Å². The number of hydrogen-bond donors (Lipinski definition) is 3. The van der Waals surface area contributed by atoms with Crippen molar-refractivity contribution in [3.05, 3.63) is 60.3 Å². The minimum atomic E-state index is -0.689. The van der Waals surface area contributed by atoms with Crippen molar-refractivity contribution in [2.75, 3.05) is 25.1 Å². The van der Waals surface area contributed by atoms with Crippen molar-refractivity contribution in [1.82, 2.24) is 15.6 Å². The fraction of sp³-hybridized carbons (Fsp3) is 0.320. The number of aromatic amines is 1. The van der Waals surface area contributed by atoms with E-state index in [4.69, 9.17) is 4.74 Å². The Morgan fingerprint density at radius 2 is 1.94 bits per heavy atom. The third-order valence-electron chi connectivity index (χ3n) is 6.00. The zero-order valence-corrected chi connectivity index (χ0v) is 18.8. The van der Waals surface area contributed by atoms with Crippen LogP contribution in [-0.2, 0) is 20.8 Å². The molecule has 1 aliphatic heterocycles. The SMILES string of the molecule is COc1ccc(N2C[C@H](C(=O)N[C@@H](C)C(=O)NCCc3c[nH]c4ccccc34)CC2=O)cc1. The molecule has 172 valence electrons. The Labute approximate surface area is 192 Å². The first-order valence-corrected chi connectivity index (χ1v) is 11.0. The van der Waals surface area contributed by atoms with Gasteiger partial charge in [-0.25, -0.2) is 0 Å². The highest BCUT2D eigenvalue weighted by atomic mass is 16.5. The van der Waals surface area contributed by atoms with Gasteiger partial charge in [0.15, 0.2) is 0 Å². The van der Waals surface area contributed by atoms with Gasteiger partial charge in [0, 0.05) is 42.3 Å². The van der Waals surface area contributed by atoms with Gasteiger partial charge in [0.2, 0.25) is 17.7 Å². The van der Waals surface area contributed by atoms with E-state index in [-0.39, 0.29) is 30.7 Å². The van der Waals surface area contributed by atoms with Crippen LogP contribution < -0.4 is 20.3 Å². The molecule has 0 saturated carbocycles. The predicted molar refractivity (Wildman–Crippen MR) is 126 cm³/mol. The Morgan fingerprint density at radius 1 is 1.18 bits per heavy atom. The zero-order valence-electron chi connectivity index (χ0n) is 18.8. The van der Waals surface area contributed by atoms with Crippen LogP contribution in [0.15, 0.2) is 54.7 Å². The maximum atomic E-state index is 12.7. The van der Waals surface area contributed by atoms with Gasteiger partial charge in [-0.05, 0) is 49.2 Å². The first-order valence-electron chi connectivity index (χ1n) is 11.0. The summed E-state index contributed by atoms with van der Waals surface area (Å²) in [6.45, 7) is 2.40. The molecule has 2 heterocycles. The third kappa shape index (κ3) is 5.00. The Morgan fingerprint density at radius 3 is 2.70 bits per heavy atom. The number of nitrogens with zero attached hydrogens (tertiary/aromatic N) is 1. The van der Waals surface area contributed by atoms with Crippen LogP contribution in [0.5, 0.6) is 5.75 Å². The van der Waals surface area contributed by atoms with E-state index < -0.39 is 12.0 Å². The van der Waals surface area contributed by atoms with Crippen molar-refractivity contribution in [2.24, 2.45) is 5.92 Å². The number of amides is 3. The van der Waals surface area contributed by atoms with Gasteiger partial charge in [-0.3, -0.25) is 14.4 Å². The highest BCUT2D eigenvalue weighted by Crippen LogP contribution is 2.27. The van der Waals surface area contributed by atoms with Crippen LogP contribution in [-0.4, -0.2) is 48.9 Å². The Hall–Kier alpha value is -3.81. The summed E-state index contributed by atoms with van der Waals surface area (Å²) in [6, 6.07) is 14.5. The summed E-state index contributed by atoms with van der Waals surface area (Å²) in [5, 5.41) is 6.77. The molecule has 2 atom stereocenters. The molecular formula is C25H28N4O4. The van der Waals surface area contributed by atoms with Crippen LogP contribution in [0.3, 0.4) is 0 Å². The normalized spacial score (nSPS) is 16.6. The number of carbonyl (C=O) groups excluding carboxylic acids is 3. The first kappa shape index (κ1) is 22.4. The lowest BCUT2D eigenvalue weighted by Crippen LogP contribution is -2.47. The number of rotatable bonds is 8. The van der Waals surface area contributed by atoms with Crippen molar-refractivity contribution in [3.8, 4) is 5.75 Å². The van der Waals surface area contributed by atoms with Crippen LogP contribution in [0.1, 0.15) is 18.9 Å². The third-order valence-corrected chi connectivity index (χ3v) is 6.00. The second-order valence-electron chi connectivity index (χ2n) is 8.23. The van der Waals surface area contributed by atoms with E-state index in [0.717, 1.165) is 22.2 Å². The fourth-order valence-corrected chi connectivity index (χ4v) is 4.10. The number of carbonyl (C=O) groups is 3.